The van der Waals surface area contributed by atoms with E-state index >= 15 is 0 Å². The van der Waals surface area contributed by atoms with Crippen LogP contribution < -0.4 is 11.1 Å². The van der Waals surface area contributed by atoms with E-state index in [2.05, 4.69) is 47.8 Å². The summed E-state index contributed by atoms with van der Waals surface area (Å²) in [5.74, 6) is 0. The Hall–Kier alpha value is -2.22. The van der Waals surface area contributed by atoms with Crippen LogP contribution >= 0.6 is 0 Å². The van der Waals surface area contributed by atoms with Crippen molar-refractivity contribution < 1.29 is 0 Å². The minimum atomic E-state index is 0.838. The highest BCUT2D eigenvalue weighted by molar-refractivity contribution is 5.90. The fraction of sp³-hybridized carbons (Fsp3) is 0.176. The van der Waals surface area contributed by atoms with Gasteiger partial charge in [0, 0.05) is 18.2 Å². The van der Waals surface area contributed by atoms with Gasteiger partial charge in [0.25, 0.3) is 0 Å². The minimum absolute atomic E-state index is 0.838. The highest BCUT2D eigenvalue weighted by Crippen LogP contribution is 2.29. The lowest BCUT2D eigenvalue weighted by Crippen LogP contribution is -2.17. The molecule has 0 fully saturated rings. The molecule has 0 radical (unpaired) electrons. The van der Waals surface area contributed by atoms with Gasteiger partial charge in [-0.05, 0) is 24.0 Å². The third-order valence-electron chi connectivity index (χ3n) is 3.78. The van der Waals surface area contributed by atoms with E-state index in [4.69, 9.17) is 5.73 Å². The average molecular weight is 250 g/mol. The highest BCUT2D eigenvalue weighted by atomic mass is 14.9. The van der Waals surface area contributed by atoms with Crippen LogP contribution in [0.15, 0.2) is 48.5 Å². The lowest BCUT2D eigenvalue weighted by molar-refractivity contribution is 0.938. The lowest BCUT2D eigenvalue weighted by atomic mass is 9.90. The first-order valence-corrected chi connectivity index (χ1v) is 6.65. The molecule has 1 aliphatic carbocycles. The number of fused-ring (bicyclic) bond motifs is 2. The van der Waals surface area contributed by atoms with Crippen molar-refractivity contribution in [1.29, 1.82) is 0 Å². The molecule has 0 bridgehead atoms. The van der Waals surface area contributed by atoms with Gasteiger partial charge in [0.2, 0.25) is 0 Å². The Balaban J connectivity index is 2.28. The summed E-state index contributed by atoms with van der Waals surface area (Å²) >= 11 is 0. The van der Waals surface area contributed by atoms with Crippen molar-refractivity contribution in [2.45, 2.75) is 12.8 Å². The quantitative estimate of drug-likeness (QED) is 0.816. The van der Waals surface area contributed by atoms with Gasteiger partial charge in [-0.2, -0.15) is 0 Å². The summed E-state index contributed by atoms with van der Waals surface area (Å²) in [6, 6.07) is 16.9. The first kappa shape index (κ1) is 11.8. The molecule has 1 aliphatic rings. The standard InChI is InChI=1S/C17H18N2/c1-19-17-15-9-5-3-7-13(15)11-10-12-6-2-4-8-14(12)16(17)18/h2-9,19H,10-11,18H2,1H3. The molecular weight excluding hydrogens is 232 g/mol. The van der Waals surface area contributed by atoms with E-state index < -0.39 is 0 Å². The molecule has 2 nitrogen and oxygen atoms in total. The van der Waals surface area contributed by atoms with Gasteiger partial charge in [-0.1, -0.05) is 48.5 Å². The van der Waals surface area contributed by atoms with E-state index in [0.29, 0.717) is 0 Å². The maximum atomic E-state index is 6.40. The molecule has 96 valence electrons. The third kappa shape index (κ3) is 1.99. The zero-order valence-electron chi connectivity index (χ0n) is 11.1. The second-order valence-electron chi connectivity index (χ2n) is 4.85. The SMILES string of the molecule is CNC1=C(N)c2ccccc2CCc2ccccc21. The summed E-state index contributed by atoms with van der Waals surface area (Å²) in [5.41, 5.74) is 13.3. The van der Waals surface area contributed by atoms with Crippen LogP contribution in [0.25, 0.3) is 11.4 Å². The van der Waals surface area contributed by atoms with Crippen LogP contribution in [-0.2, 0) is 12.8 Å². The van der Waals surface area contributed by atoms with Crippen molar-refractivity contribution in [2.75, 3.05) is 7.05 Å². The number of benzene rings is 2. The van der Waals surface area contributed by atoms with E-state index in [-0.39, 0.29) is 0 Å². The molecule has 0 amide bonds. The van der Waals surface area contributed by atoms with E-state index in [1.807, 2.05) is 13.1 Å². The molecule has 19 heavy (non-hydrogen) atoms. The van der Waals surface area contributed by atoms with Gasteiger partial charge in [-0.25, -0.2) is 0 Å². The molecule has 0 spiro atoms. The number of nitrogens with one attached hydrogen (secondary N) is 1. The Morgan fingerprint density at radius 2 is 1.37 bits per heavy atom. The van der Waals surface area contributed by atoms with E-state index in [1.165, 1.54) is 16.7 Å². The third-order valence-corrected chi connectivity index (χ3v) is 3.78. The van der Waals surface area contributed by atoms with E-state index in [0.717, 1.165) is 29.8 Å². The summed E-state index contributed by atoms with van der Waals surface area (Å²) < 4.78 is 0. The topological polar surface area (TPSA) is 38.0 Å². The lowest BCUT2D eigenvalue weighted by Gasteiger charge is -2.21. The number of aryl methyl sites for hydroxylation is 2. The van der Waals surface area contributed by atoms with Crippen LogP contribution in [-0.4, -0.2) is 7.05 Å². The fourth-order valence-electron chi connectivity index (χ4n) is 2.80. The molecular formula is C17H18N2. The van der Waals surface area contributed by atoms with Crippen molar-refractivity contribution in [3.63, 3.8) is 0 Å². The summed E-state index contributed by atoms with van der Waals surface area (Å²) in [6.45, 7) is 0. The van der Waals surface area contributed by atoms with Gasteiger partial charge in [0.05, 0.1) is 11.4 Å². The number of rotatable bonds is 1. The van der Waals surface area contributed by atoms with Gasteiger partial charge in [0.1, 0.15) is 0 Å². The van der Waals surface area contributed by atoms with Crippen molar-refractivity contribution in [2.24, 2.45) is 5.73 Å². The van der Waals surface area contributed by atoms with Crippen LogP contribution in [0.4, 0.5) is 0 Å². The van der Waals surface area contributed by atoms with Crippen LogP contribution in [0.2, 0.25) is 0 Å². The van der Waals surface area contributed by atoms with Crippen molar-refractivity contribution in [1.82, 2.24) is 5.32 Å². The summed E-state index contributed by atoms with van der Waals surface area (Å²) in [4.78, 5) is 0. The van der Waals surface area contributed by atoms with Gasteiger partial charge < -0.3 is 11.1 Å². The van der Waals surface area contributed by atoms with Gasteiger partial charge in [-0.3, -0.25) is 0 Å². The largest absolute Gasteiger partial charge is 0.397 e. The first-order valence-electron chi connectivity index (χ1n) is 6.65. The van der Waals surface area contributed by atoms with Crippen molar-refractivity contribution in [3.05, 3.63) is 70.8 Å². The van der Waals surface area contributed by atoms with Gasteiger partial charge >= 0.3 is 0 Å². The molecule has 0 unspecified atom stereocenters. The molecule has 3 N–H and O–H groups in total. The summed E-state index contributed by atoms with van der Waals surface area (Å²) in [6.07, 6.45) is 2.08. The highest BCUT2D eigenvalue weighted by Gasteiger charge is 2.16. The van der Waals surface area contributed by atoms with E-state index in [1.54, 1.807) is 0 Å². The monoisotopic (exact) mass is 250 g/mol. The zero-order valence-corrected chi connectivity index (χ0v) is 11.1. The number of hydrogen-bond donors (Lipinski definition) is 2. The van der Waals surface area contributed by atoms with Gasteiger partial charge in [0.15, 0.2) is 0 Å². The van der Waals surface area contributed by atoms with Crippen LogP contribution in [0, 0.1) is 0 Å². The molecule has 0 saturated heterocycles. The summed E-state index contributed by atoms with van der Waals surface area (Å²) in [7, 11) is 1.93. The van der Waals surface area contributed by atoms with Crippen LogP contribution in [0.5, 0.6) is 0 Å². The van der Waals surface area contributed by atoms with Gasteiger partial charge in [-0.15, -0.1) is 0 Å². The number of hydrogen-bond acceptors (Lipinski definition) is 2. The smallest absolute Gasteiger partial charge is 0.0654 e. The Kier molecular flexibility index (Phi) is 3.00. The fourth-order valence-corrected chi connectivity index (χ4v) is 2.80. The normalized spacial score (nSPS) is 14.2. The molecule has 0 heterocycles. The van der Waals surface area contributed by atoms with Crippen molar-refractivity contribution >= 4 is 11.4 Å². The molecule has 2 aromatic rings. The molecule has 0 saturated carbocycles. The minimum Gasteiger partial charge on any atom is -0.397 e. The Morgan fingerprint density at radius 3 is 2.00 bits per heavy atom. The predicted molar refractivity (Wildman–Crippen MR) is 80.4 cm³/mol. The Labute approximate surface area is 114 Å². The predicted octanol–water partition coefficient (Wildman–Crippen LogP) is 2.79. The van der Waals surface area contributed by atoms with Crippen molar-refractivity contribution in [3.8, 4) is 0 Å². The number of nitrogens with two attached hydrogens (primary N) is 1. The Morgan fingerprint density at radius 1 is 0.842 bits per heavy atom. The molecule has 0 atom stereocenters. The molecule has 2 aromatic carbocycles. The zero-order chi connectivity index (χ0) is 13.2. The van der Waals surface area contributed by atoms with E-state index in [9.17, 15) is 0 Å². The second-order valence-corrected chi connectivity index (χ2v) is 4.85. The molecule has 0 aliphatic heterocycles. The maximum Gasteiger partial charge on any atom is 0.0654 e. The molecule has 2 heteroatoms. The first-order chi connectivity index (χ1) is 9.31. The average Bonchev–Trinajstić information content (AvgIpc) is 2.46. The van der Waals surface area contributed by atoms with Crippen LogP contribution in [0.1, 0.15) is 22.3 Å². The molecule has 3 rings (SSSR count). The van der Waals surface area contributed by atoms with Crippen LogP contribution in [0.3, 0.4) is 0 Å². The maximum absolute atomic E-state index is 6.40. The molecule has 0 aromatic heterocycles. The second kappa shape index (κ2) is 4.81. The Bertz CT molecular complexity index is 641. The summed E-state index contributed by atoms with van der Waals surface area (Å²) in [5, 5.41) is 3.27.